The van der Waals surface area contributed by atoms with Gasteiger partial charge in [-0.25, -0.2) is 13.1 Å². The molecule has 0 saturated carbocycles. The molecule has 3 aliphatic rings. The van der Waals surface area contributed by atoms with Crippen molar-refractivity contribution in [3.8, 4) is 0 Å². The van der Waals surface area contributed by atoms with Crippen LogP contribution < -0.4 is 10.0 Å². The van der Waals surface area contributed by atoms with Crippen LogP contribution in [0, 0.1) is 0 Å². The number of nitrogens with zero attached hydrogens (tertiary/aromatic N) is 1. The maximum absolute atomic E-state index is 13.1. The van der Waals surface area contributed by atoms with Crippen LogP contribution in [-0.4, -0.2) is 57.1 Å². The minimum atomic E-state index is -3.71. The van der Waals surface area contributed by atoms with Crippen LogP contribution in [0.4, 0.5) is 5.69 Å². The maximum Gasteiger partial charge on any atom is 0.256 e. The van der Waals surface area contributed by atoms with Gasteiger partial charge in [-0.1, -0.05) is 12.1 Å². The average molecular weight is 387 g/mol. The van der Waals surface area contributed by atoms with Crippen LogP contribution in [0.15, 0.2) is 35.2 Å². The van der Waals surface area contributed by atoms with E-state index in [0.29, 0.717) is 35.2 Å². The summed E-state index contributed by atoms with van der Waals surface area (Å²) in [7, 11) is -3.71. The number of hydrogen-bond donors (Lipinski definition) is 2. The fourth-order valence-electron chi connectivity index (χ4n) is 4.51. The lowest BCUT2D eigenvalue weighted by atomic mass is 10.1. The third-order valence-corrected chi connectivity index (χ3v) is 7.28. The molecule has 1 amide bonds. The number of rotatable bonds is 3. The number of morpholine rings is 1. The van der Waals surface area contributed by atoms with Gasteiger partial charge in [-0.2, -0.15) is 0 Å². The van der Waals surface area contributed by atoms with Crippen molar-refractivity contribution in [1.29, 1.82) is 0 Å². The molecule has 8 heteroatoms. The molecule has 2 N–H and O–H groups in total. The Balaban J connectivity index is 1.47. The van der Waals surface area contributed by atoms with E-state index in [9.17, 15) is 13.2 Å². The third-order valence-electron chi connectivity index (χ3n) is 5.70. The minimum Gasteiger partial charge on any atom is -0.376 e. The first-order chi connectivity index (χ1) is 12.9. The van der Waals surface area contributed by atoms with Crippen molar-refractivity contribution in [3.05, 3.63) is 35.9 Å². The molecule has 2 aromatic carbocycles. The summed E-state index contributed by atoms with van der Waals surface area (Å²) in [5.74, 6) is -0.195. The highest BCUT2D eigenvalue weighted by Crippen LogP contribution is 2.36. The summed E-state index contributed by atoms with van der Waals surface area (Å²) in [5.41, 5.74) is 1.18. The number of amides is 1. The van der Waals surface area contributed by atoms with Crippen LogP contribution in [-0.2, 0) is 14.8 Å². The van der Waals surface area contributed by atoms with Crippen molar-refractivity contribution in [3.63, 3.8) is 0 Å². The van der Waals surface area contributed by atoms with Gasteiger partial charge in [-0.3, -0.25) is 9.69 Å². The molecule has 2 fully saturated rings. The number of fused-ring (bicyclic) bond motifs is 1. The fourth-order valence-corrected chi connectivity index (χ4v) is 5.95. The fraction of sp³-hybridized carbons (Fsp3) is 0.421. The van der Waals surface area contributed by atoms with Gasteiger partial charge in [-0.05, 0) is 31.5 Å². The zero-order valence-electron chi connectivity index (χ0n) is 14.9. The molecule has 0 bridgehead atoms. The summed E-state index contributed by atoms with van der Waals surface area (Å²) >= 11 is 0. The molecule has 2 saturated heterocycles. The van der Waals surface area contributed by atoms with Gasteiger partial charge in [0, 0.05) is 47.2 Å². The SMILES string of the molecule is C[C@H]1CN2C[C@H](NS(=O)(=O)c3ccc4c5c(cccc35)C(=O)N4)C[C@H]2CO1. The molecule has 3 atom stereocenters. The Labute approximate surface area is 157 Å². The number of carbonyl (C=O) groups is 1. The Morgan fingerprint density at radius 1 is 1.22 bits per heavy atom. The van der Waals surface area contributed by atoms with Crippen molar-refractivity contribution in [2.45, 2.75) is 36.4 Å². The molecular weight excluding hydrogens is 366 g/mol. The molecule has 0 aromatic heterocycles. The molecule has 2 aromatic rings. The molecule has 27 heavy (non-hydrogen) atoms. The molecule has 3 heterocycles. The van der Waals surface area contributed by atoms with E-state index in [1.165, 1.54) is 0 Å². The first-order valence-electron chi connectivity index (χ1n) is 9.17. The molecule has 3 aliphatic heterocycles. The quantitative estimate of drug-likeness (QED) is 0.834. The Morgan fingerprint density at radius 3 is 2.93 bits per heavy atom. The second kappa shape index (κ2) is 6.00. The van der Waals surface area contributed by atoms with E-state index in [0.717, 1.165) is 13.0 Å². The first-order valence-corrected chi connectivity index (χ1v) is 10.7. The number of sulfonamides is 1. The monoisotopic (exact) mass is 387 g/mol. The van der Waals surface area contributed by atoms with Crippen molar-refractivity contribution in [2.24, 2.45) is 0 Å². The zero-order chi connectivity index (χ0) is 18.8. The van der Waals surface area contributed by atoms with Crippen LogP contribution in [0.1, 0.15) is 23.7 Å². The smallest absolute Gasteiger partial charge is 0.256 e. The van der Waals surface area contributed by atoms with E-state index in [1.54, 1.807) is 30.3 Å². The maximum atomic E-state index is 13.1. The predicted octanol–water partition coefficient (Wildman–Crippen LogP) is 1.55. The molecule has 0 aliphatic carbocycles. The minimum absolute atomic E-state index is 0.142. The van der Waals surface area contributed by atoms with Gasteiger partial charge in [0.05, 0.1) is 17.6 Å². The highest BCUT2D eigenvalue weighted by Gasteiger charge is 2.38. The molecule has 0 unspecified atom stereocenters. The van der Waals surface area contributed by atoms with E-state index in [1.807, 2.05) is 6.92 Å². The van der Waals surface area contributed by atoms with E-state index in [4.69, 9.17) is 4.74 Å². The molecule has 5 rings (SSSR count). The van der Waals surface area contributed by atoms with Crippen molar-refractivity contribution >= 4 is 32.4 Å². The van der Waals surface area contributed by atoms with E-state index >= 15 is 0 Å². The standard InChI is InChI=1S/C19H21N3O4S/c1-11-8-22-9-12(7-13(22)10-26-11)21-27(24,25)17-6-5-16-18-14(17)3-2-4-15(18)19(23)20-16/h2-6,11-13,21H,7-10H2,1H3,(H,20,23)/t11-,12+,13-/m0/s1. The van der Waals surface area contributed by atoms with Crippen LogP contribution >= 0.6 is 0 Å². The van der Waals surface area contributed by atoms with Crippen molar-refractivity contribution < 1.29 is 17.9 Å². The van der Waals surface area contributed by atoms with Crippen molar-refractivity contribution in [2.75, 3.05) is 25.0 Å². The summed E-state index contributed by atoms with van der Waals surface area (Å²) in [5, 5.41) is 4.04. The molecular formula is C19H21N3O4S. The average Bonchev–Trinajstić information content (AvgIpc) is 3.16. The number of anilines is 1. The van der Waals surface area contributed by atoms with Gasteiger partial charge in [0.15, 0.2) is 0 Å². The Kier molecular flexibility index (Phi) is 3.80. The van der Waals surface area contributed by atoms with Crippen LogP contribution in [0.3, 0.4) is 0 Å². The lowest BCUT2D eigenvalue weighted by molar-refractivity contribution is -0.0390. The molecule has 0 spiro atoms. The summed E-state index contributed by atoms with van der Waals surface area (Å²) in [6, 6.07) is 8.56. The number of carbonyl (C=O) groups excluding carboxylic acids is 1. The number of hydrogen-bond acceptors (Lipinski definition) is 5. The highest BCUT2D eigenvalue weighted by atomic mass is 32.2. The van der Waals surface area contributed by atoms with E-state index in [2.05, 4.69) is 14.9 Å². The number of nitrogens with one attached hydrogen (secondary N) is 2. The van der Waals surface area contributed by atoms with Crippen LogP contribution in [0.2, 0.25) is 0 Å². The third kappa shape index (κ3) is 2.75. The molecule has 0 radical (unpaired) electrons. The largest absolute Gasteiger partial charge is 0.376 e. The number of ether oxygens (including phenoxy) is 1. The predicted molar refractivity (Wildman–Crippen MR) is 101 cm³/mol. The van der Waals surface area contributed by atoms with Crippen molar-refractivity contribution in [1.82, 2.24) is 9.62 Å². The van der Waals surface area contributed by atoms with Gasteiger partial charge in [0.2, 0.25) is 10.0 Å². The van der Waals surface area contributed by atoms with Gasteiger partial charge in [0.25, 0.3) is 5.91 Å². The van der Waals surface area contributed by atoms with E-state index in [-0.39, 0.29) is 29.0 Å². The number of benzene rings is 2. The Morgan fingerprint density at radius 2 is 2.07 bits per heavy atom. The first kappa shape index (κ1) is 17.1. The van der Waals surface area contributed by atoms with Crippen LogP contribution in [0.25, 0.3) is 10.8 Å². The van der Waals surface area contributed by atoms with Crippen LogP contribution in [0.5, 0.6) is 0 Å². The second-order valence-electron chi connectivity index (χ2n) is 7.60. The topological polar surface area (TPSA) is 87.7 Å². The second-order valence-corrected chi connectivity index (χ2v) is 9.28. The highest BCUT2D eigenvalue weighted by molar-refractivity contribution is 7.89. The van der Waals surface area contributed by atoms with Gasteiger partial charge < -0.3 is 10.1 Å². The zero-order valence-corrected chi connectivity index (χ0v) is 15.8. The lowest BCUT2D eigenvalue weighted by Gasteiger charge is -2.33. The summed E-state index contributed by atoms with van der Waals surface area (Å²) in [6.07, 6.45) is 0.922. The molecule has 142 valence electrons. The summed E-state index contributed by atoms with van der Waals surface area (Å²) < 4.78 is 34.8. The lowest BCUT2D eigenvalue weighted by Crippen LogP contribution is -2.45. The van der Waals surface area contributed by atoms with Gasteiger partial charge in [0.1, 0.15) is 0 Å². The van der Waals surface area contributed by atoms with E-state index < -0.39 is 10.0 Å². The van der Waals surface area contributed by atoms with Gasteiger partial charge in [-0.15, -0.1) is 0 Å². The summed E-state index contributed by atoms with van der Waals surface area (Å²) in [6.45, 7) is 4.21. The normalized spacial score (nSPS) is 27.7. The summed E-state index contributed by atoms with van der Waals surface area (Å²) in [4.78, 5) is 14.6. The Hall–Kier alpha value is -2.00. The van der Waals surface area contributed by atoms with Gasteiger partial charge >= 0.3 is 0 Å². The molecule has 7 nitrogen and oxygen atoms in total. The Bertz CT molecular complexity index is 1050.